The summed E-state index contributed by atoms with van der Waals surface area (Å²) in [4.78, 5) is 72.4. The van der Waals surface area contributed by atoms with Crippen molar-refractivity contribution in [1.29, 1.82) is 0 Å². The van der Waals surface area contributed by atoms with Gasteiger partial charge in [-0.1, -0.05) is 293 Å². The smallest absolute Gasteiger partial charge is 0.462 e. The second-order valence-corrected chi connectivity index (χ2v) is 30.1. The van der Waals surface area contributed by atoms with Crippen LogP contribution in [0.1, 0.15) is 344 Å². The van der Waals surface area contributed by atoms with Gasteiger partial charge >= 0.3 is 39.5 Å². The van der Waals surface area contributed by atoms with Crippen LogP contribution >= 0.6 is 15.6 Å². The number of phosphoric ester groups is 2. The van der Waals surface area contributed by atoms with Gasteiger partial charge in [-0.25, -0.2) is 9.13 Å². The molecule has 17 nitrogen and oxygen atoms in total. The maximum Gasteiger partial charge on any atom is 0.472 e. The van der Waals surface area contributed by atoms with Crippen LogP contribution in [0.15, 0.2) is 0 Å². The summed E-state index contributed by atoms with van der Waals surface area (Å²) in [5, 5.41) is 10.6. The maximum absolute atomic E-state index is 13.0. The van der Waals surface area contributed by atoms with Gasteiger partial charge in [-0.2, -0.15) is 0 Å². The number of ether oxygens (including phenoxy) is 4. The third-order valence-corrected chi connectivity index (χ3v) is 18.0. The summed E-state index contributed by atoms with van der Waals surface area (Å²) in [6.45, 7) is 14.0. The topological polar surface area (TPSA) is 237 Å². The first kappa shape index (κ1) is 87.1. The van der Waals surface area contributed by atoms with Gasteiger partial charge in [-0.05, 0) is 49.4 Å². The number of hydrogen-bond donors (Lipinski definition) is 3. The Morgan fingerprint density at radius 3 is 0.697 bits per heavy atom. The van der Waals surface area contributed by atoms with Crippen LogP contribution in [-0.2, 0) is 65.4 Å². The van der Waals surface area contributed by atoms with Crippen molar-refractivity contribution >= 4 is 39.5 Å². The van der Waals surface area contributed by atoms with Gasteiger partial charge in [0.05, 0.1) is 26.4 Å². The summed E-state index contributed by atoms with van der Waals surface area (Å²) in [5.41, 5.74) is 0. The van der Waals surface area contributed by atoms with E-state index in [4.69, 9.17) is 37.0 Å². The fourth-order valence-electron chi connectivity index (χ4n) is 10.5. The molecule has 0 fully saturated rings. The number of esters is 4. The second kappa shape index (κ2) is 59.8. The third-order valence-electron chi connectivity index (χ3n) is 16.1. The van der Waals surface area contributed by atoms with Gasteiger partial charge in [0, 0.05) is 25.7 Å². The van der Waals surface area contributed by atoms with E-state index in [-0.39, 0.29) is 25.7 Å². The Balaban J connectivity index is 5.17. The van der Waals surface area contributed by atoms with Crippen LogP contribution in [0.2, 0.25) is 0 Å². The lowest BCUT2D eigenvalue weighted by Gasteiger charge is -2.21. The molecule has 0 aliphatic heterocycles. The van der Waals surface area contributed by atoms with E-state index in [1.54, 1.807) is 0 Å². The van der Waals surface area contributed by atoms with Crippen LogP contribution in [0.5, 0.6) is 0 Å². The second-order valence-electron chi connectivity index (χ2n) is 27.2. The summed E-state index contributed by atoms with van der Waals surface area (Å²) in [6, 6.07) is 0. The molecule has 0 aliphatic carbocycles. The van der Waals surface area contributed by atoms with Gasteiger partial charge in [0.25, 0.3) is 0 Å². The molecule has 0 saturated carbocycles. The third kappa shape index (κ3) is 64.6. The average molecular weight is 1310 g/mol. The van der Waals surface area contributed by atoms with E-state index >= 15 is 0 Å². The zero-order valence-corrected chi connectivity index (χ0v) is 59.8. The number of unbranched alkanes of at least 4 members (excludes halogenated alkanes) is 33. The highest BCUT2D eigenvalue weighted by atomic mass is 31.2. The van der Waals surface area contributed by atoms with E-state index < -0.39 is 97.5 Å². The summed E-state index contributed by atoms with van der Waals surface area (Å²) in [6.07, 6.45) is 42.0. The Morgan fingerprint density at radius 2 is 0.472 bits per heavy atom. The maximum atomic E-state index is 13.0. The summed E-state index contributed by atoms with van der Waals surface area (Å²) in [7, 11) is -9.90. The minimum Gasteiger partial charge on any atom is -0.462 e. The molecule has 0 saturated heterocycles. The van der Waals surface area contributed by atoms with Crippen LogP contribution in [0.3, 0.4) is 0 Å². The average Bonchev–Trinajstić information content (AvgIpc) is 3.68. The van der Waals surface area contributed by atoms with E-state index in [2.05, 4.69) is 55.4 Å². The highest BCUT2D eigenvalue weighted by molar-refractivity contribution is 7.47. The molecule has 3 unspecified atom stereocenters. The Kier molecular flexibility index (Phi) is 58.5. The molecule has 0 heterocycles. The number of phosphoric acid groups is 2. The normalized spacial score (nSPS) is 14.3. The number of aliphatic hydroxyl groups is 1. The highest BCUT2D eigenvalue weighted by Crippen LogP contribution is 2.45. The van der Waals surface area contributed by atoms with Crippen molar-refractivity contribution in [3.8, 4) is 0 Å². The van der Waals surface area contributed by atoms with Gasteiger partial charge in [-0.15, -0.1) is 0 Å². The molecule has 0 aromatic carbocycles. The number of aliphatic hydroxyl groups excluding tert-OH is 1. The molecule has 0 aliphatic rings. The first-order valence-electron chi connectivity index (χ1n) is 36.2. The molecule has 89 heavy (non-hydrogen) atoms. The van der Waals surface area contributed by atoms with Crippen molar-refractivity contribution in [2.75, 3.05) is 39.6 Å². The predicted molar refractivity (Wildman–Crippen MR) is 358 cm³/mol. The molecule has 0 amide bonds. The summed E-state index contributed by atoms with van der Waals surface area (Å²) >= 11 is 0. The first-order valence-corrected chi connectivity index (χ1v) is 39.2. The van der Waals surface area contributed by atoms with Gasteiger partial charge in [-0.3, -0.25) is 37.3 Å². The molecule has 0 radical (unpaired) electrons. The quantitative estimate of drug-likeness (QED) is 0.0222. The number of rotatable bonds is 67. The van der Waals surface area contributed by atoms with Crippen molar-refractivity contribution in [3.63, 3.8) is 0 Å². The van der Waals surface area contributed by atoms with Crippen molar-refractivity contribution < 1.29 is 80.2 Å². The lowest BCUT2D eigenvalue weighted by atomic mass is 10.0. The van der Waals surface area contributed by atoms with E-state index in [1.165, 1.54) is 141 Å². The van der Waals surface area contributed by atoms with Crippen molar-refractivity contribution in [2.45, 2.75) is 363 Å². The zero-order chi connectivity index (χ0) is 66.1. The van der Waals surface area contributed by atoms with Crippen LogP contribution < -0.4 is 0 Å². The molecule has 0 spiro atoms. The van der Waals surface area contributed by atoms with Crippen molar-refractivity contribution in [1.82, 2.24) is 0 Å². The SMILES string of the molecule is CC(C)CCCCCCCCCCCCCCCCCC(=O)OC[C@H](COP(=O)(O)OCC(O)COP(=O)(O)OC[C@@H](COC(=O)CCCCCCCCCC(C)C)OC(=O)CCCCCCCCCCCC(C)C)OC(=O)CCCCCCCCC(C)C. The molecule has 0 bridgehead atoms. The fourth-order valence-corrected chi connectivity index (χ4v) is 12.1. The number of carbonyl (C=O) groups is 4. The van der Waals surface area contributed by atoms with E-state index in [1.807, 2.05) is 0 Å². The molecular weight excluding hydrogens is 1170 g/mol. The minimum absolute atomic E-state index is 0.102. The zero-order valence-electron chi connectivity index (χ0n) is 58.1. The van der Waals surface area contributed by atoms with Gasteiger partial charge in [0.2, 0.25) is 0 Å². The molecule has 0 aromatic heterocycles. The van der Waals surface area contributed by atoms with Crippen LogP contribution in [0.4, 0.5) is 0 Å². The first-order chi connectivity index (χ1) is 42.6. The molecule has 0 rings (SSSR count). The summed E-state index contributed by atoms with van der Waals surface area (Å²) in [5.74, 6) is 0.782. The lowest BCUT2D eigenvalue weighted by molar-refractivity contribution is -0.161. The van der Waals surface area contributed by atoms with E-state index in [0.29, 0.717) is 37.5 Å². The monoisotopic (exact) mass is 1310 g/mol. The summed E-state index contributed by atoms with van der Waals surface area (Å²) < 4.78 is 68.2. The largest absolute Gasteiger partial charge is 0.472 e. The van der Waals surface area contributed by atoms with Crippen LogP contribution in [-0.4, -0.2) is 96.7 Å². The Morgan fingerprint density at radius 1 is 0.281 bits per heavy atom. The minimum atomic E-state index is -4.95. The molecule has 528 valence electrons. The predicted octanol–water partition coefficient (Wildman–Crippen LogP) is 19.7. The Hall–Kier alpha value is -1.94. The molecule has 19 heteroatoms. The molecule has 3 N–H and O–H groups in total. The number of carbonyl (C=O) groups excluding carboxylic acids is 4. The van der Waals surface area contributed by atoms with Gasteiger partial charge < -0.3 is 33.8 Å². The van der Waals surface area contributed by atoms with Crippen LogP contribution in [0.25, 0.3) is 0 Å². The molecule has 0 aromatic rings. The van der Waals surface area contributed by atoms with Crippen molar-refractivity contribution in [2.24, 2.45) is 23.7 Å². The number of hydrogen-bond acceptors (Lipinski definition) is 15. The molecular formula is C70H136O17P2. The van der Waals surface area contributed by atoms with Gasteiger partial charge in [0.15, 0.2) is 12.2 Å². The fraction of sp³-hybridized carbons (Fsp3) is 0.943. The molecule has 5 atom stereocenters. The van der Waals surface area contributed by atoms with Gasteiger partial charge in [0.1, 0.15) is 19.3 Å². The lowest BCUT2D eigenvalue weighted by Crippen LogP contribution is -2.30. The Labute approximate surface area is 543 Å². The van der Waals surface area contributed by atoms with Crippen LogP contribution in [0, 0.1) is 23.7 Å². The van der Waals surface area contributed by atoms with E-state index in [9.17, 15) is 43.2 Å². The van der Waals surface area contributed by atoms with Crippen molar-refractivity contribution in [3.05, 3.63) is 0 Å². The standard InChI is InChI=1S/C70H136O17P2/c1-60(2)46-38-30-22-17-14-12-10-9-11-13-15-19-25-34-42-50-67(72)80-57-66(87-70(75)53-45-37-29-28-33-41-49-63(7)8)59-85-89(78,79)83-55-64(71)54-82-88(76,77)84-58-65(56-81-68(73)51-43-35-27-21-24-32-40-48-62(5)6)86-69(74)52-44-36-26-20-16-18-23-31-39-47-61(3)4/h60-66,71H,9-59H2,1-8H3,(H,76,77)(H,78,79)/t64?,65-,66-/m1/s1. The highest BCUT2D eigenvalue weighted by Gasteiger charge is 2.30. The Bertz CT molecular complexity index is 1760. The van der Waals surface area contributed by atoms with E-state index in [0.717, 1.165) is 108 Å².